The third-order valence-corrected chi connectivity index (χ3v) is 5.78. The van der Waals surface area contributed by atoms with Crippen LogP contribution in [0.15, 0.2) is 30.7 Å². The zero-order valence-electron chi connectivity index (χ0n) is 16.7. The number of benzene rings is 1. The van der Waals surface area contributed by atoms with Gasteiger partial charge in [0.1, 0.15) is 27.7 Å². The van der Waals surface area contributed by atoms with Gasteiger partial charge in [-0.1, -0.05) is 11.6 Å². The largest absolute Gasteiger partial charge is 0.417 e. The molecule has 1 unspecified atom stereocenters. The Morgan fingerprint density at radius 2 is 1.97 bits per heavy atom. The molecule has 2 aromatic heterocycles. The maximum Gasteiger partial charge on any atom is 0.417 e. The van der Waals surface area contributed by atoms with Gasteiger partial charge in [0.2, 0.25) is 0 Å². The van der Waals surface area contributed by atoms with Crippen LogP contribution in [-0.2, 0) is 6.18 Å². The summed E-state index contributed by atoms with van der Waals surface area (Å²) in [6.07, 6.45) is -1.48. The molecule has 33 heavy (non-hydrogen) atoms. The number of nitrogens with one attached hydrogen (secondary N) is 3. The predicted molar refractivity (Wildman–Crippen MR) is 117 cm³/mol. The fourth-order valence-corrected chi connectivity index (χ4v) is 3.71. The van der Waals surface area contributed by atoms with Gasteiger partial charge in [0.05, 0.1) is 28.4 Å². The average molecular weight is 498 g/mol. The third kappa shape index (κ3) is 5.43. The number of thiazole rings is 1. The maximum atomic E-state index is 13.0. The Balaban J connectivity index is 1.72. The number of hydrogen-bond donors (Lipinski definition) is 4. The minimum absolute atomic E-state index is 0.0260. The molecule has 0 aliphatic carbocycles. The van der Waals surface area contributed by atoms with Crippen molar-refractivity contribution in [3.63, 3.8) is 0 Å². The summed E-state index contributed by atoms with van der Waals surface area (Å²) in [5, 5.41) is 12.3. The summed E-state index contributed by atoms with van der Waals surface area (Å²) >= 11 is 6.53. The molecule has 3 rings (SSSR count). The van der Waals surface area contributed by atoms with Gasteiger partial charge in [-0.2, -0.15) is 13.2 Å². The smallest absolute Gasteiger partial charge is 0.383 e. The molecule has 0 spiro atoms. The number of nitrogens with two attached hydrogens (primary N) is 1. The number of nitrogen functional groups attached to an aromatic ring is 1. The molecule has 0 saturated heterocycles. The molecule has 0 aliphatic heterocycles. The Morgan fingerprint density at radius 1 is 1.24 bits per heavy atom. The molecule has 0 bridgehead atoms. The van der Waals surface area contributed by atoms with Crippen LogP contribution in [0.2, 0.25) is 5.02 Å². The van der Waals surface area contributed by atoms with Crippen LogP contribution >= 0.6 is 22.9 Å². The summed E-state index contributed by atoms with van der Waals surface area (Å²) in [5.74, 6) is -1.33. The van der Waals surface area contributed by atoms with E-state index in [1.165, 1.54) is 12.3 Å². The highest BCUT2D eigenvalue weighted by atomic mass is 35.5. The Hall–Kier alpha value is -3.58. The van der Waals surface area contributed by atoms with Crippen molar-refractivity contribution in [2.24, 2.45) is 0 Å². The van der Waals surface area contributed by atoms with Gasteiger partial charge in [-0.3, -0.25) is 9.59 Å². The van der Waals surface area contributed by atoms with E-state index in [2.05, 4.69) is 25.6 Å². The molecule has 172 valence electrons. The van der Waals surface area contributed by atoms with Crippen LogP contribution in [0.25, 0.3) is 0 Å². The number of rotatable bonds is 6. The van der Waals surface area contributed by atoms with Gasteiger partial charge in [-0.25, -0.2) is 15.0 Å². The van der Waals surface area contributed by atoms with Crippen LogP contribution in [0.1, 0.15) is 49.3 Å². The quantitative estimate of drug-likeness (QED) is 0.379. The molecular formula is C19H15ClF3N7O2S. The summed E-state index contributed by atoms with van der Waals surface area (Å²) in [6.45, 7) is 1.61. The first-order valence-electron chi connectivity index (χ1n) is 9.07. The number of nitrogens with zero attached hydrogens (tertiary/aromatic N) is 3. The first kappa shape index (κ1) is 24.1. The van der Waals surface area contributed by atoms with Gasteiger partial charge >= 0.3 is 6.18 Å². The molecule has 9 nitrogen and oxygen atoms in total. The summed E-state index contributed by atoms with van der Waals surface area (Å²) < 4.78 is 39.0. The number of hydrogen-bond acceptors (Lipinski definition) is 8. The van der Waals surface area contributed by atoms with Gasteiger partial charge in [-0.05, 0) is 25.1 Å². The third-order valence-electron chi connectivity index (χ3n) is 4.27. The highest BCUT2D eigenvalue weighted by molar-refractivity contribution is 7.13. The molecule has 1 atom stereocenters. The Labute approximate surface area is 193 Å². The topological polar surface area (TPSA) is 147 Å². The van der Waals surface area contributed by atoms with Gasteiger partial charge in [0.25, 0.3) is 11.8 Å². The number of anilines is 2. The van der Waals surface area contributed by atoms with E-state index >= 15 is 0 Å². The number of carbonyl (C=O) groups is 2. The summed E-state index contributed by atoms with van der Waals surface area (Å²) in [6, 6.07) is 2.37. The lowest BCUT2D eigenvalue weighted by atomic mass is 10.2. The lowest BCUT2D eigenvalue weighted by Gasteiger charge is -2.12. The molecule has 1 aromatic carbocycles. The fourth-order valence-electron chi connectivity index (χ4n) is 2.66. The molecule has 14 heteroatoms. The summed E-state index contributed by atoms with van der Waals surface area (Å²) in [4.78, 5) is 36.8. The first-order valence-corrected chi connectivity index (χ1v) is 10.3. The summed E-state index contributed by atoms with van der Waals surface area (Å²) in [7, 11) is 0. The number of halogens is 4. The van der Waals surface area contributed by atoms with E-state index in [1.807, 2.05) is 0 Å². The van der Waals surface area contributed by atoms with Crippen molar-refractivity contribution in [1.82, 2.24) is 20.3 Å². The van der Waals surface area contributed by atoms with E-state index in [1.54, 1.807) is 6.92 Å². The van der Waals surface area contributed by atoms with Crippen molar-refractivity contribution in [3.8, 4) is 0 Å². The number of aromatic nitrogens is 3. The first-order chi connectivity index (χ1) is 15.5. The van der Waals surface area contributed by atoms with Crippen molar-refractivity contribution in [2.75, 3.05) is 11.1 Å². The molecule has 0 radical (unpaired) electrons. The highest BCUT2D eigenvalue weighted by Crippen LogP contribution is 2.36. The monoisotopic (exact) mass is 497 g/mol. The standard InChI is InChI=1S/C19H15ClF3N7O2S/c1-8(29-17(32)14-10(5-24)15(25)28-7-27-14)18-26-6-13(33-18)16(31)30-9-2-3-12(20)11(4-9)19(21,22)23/h2-8,24H,1H3,(H,29,32)(H,30,31)(H2,25,27,28). The molecule has 0 fully saturated rings. The van der Waals surface area contributed by atoms with Gasteiger partial charge < -0.3 is 21.8 Å². The second-order valence-electron chi connectivity index (χ2n) is 6.57. The predicted octanol–water partition coefficient (Wildman–Crippen LogP) is 3.93. The molecule has 5 N–H and O–H groups in total. The van der Waals surface area contributed by atoms with Crippen molar-refractivity contribution < 1.29 is 22.8 Å². The van der Waals surface area contributed by atoms with Crippen molar-refractivity contribution in [2.45, 2.75) is 19.1 Å². The lowest BCUT2D eigenvalue weighted by molar-refractivity contribution is -0.137. The van der Waals surface area contributed by atoms with E-state index in [9.17, 15) is 22.8 Å². The van der Waals surface area contributed by atoms with Crippen LogP contribution < -0.4 is 16.4 Å². The van der Waals surface area contributed by atoms with Gasteiger partial charge in [0, 0.05) is 11.9 Å². The van der Waals surface area contributed by atoms with Crippen LogP contribution in [0.3, 0.4) is 0 Å². The van der Waals surface area contributed by atoms with Crippen LogP contribution in [0.4, 0.5) is 24.7 Å². The van der Waals surface area contributed by atoms with Crippen molar-refractivity contribution in [1.29, 1.82) is 5.41 Å². The zero-order chi connectivity index (χ0) is 24.3. The Morgan fingerprint density at radius 3 is 2.64 bits per heavy atom. The van der Waals surface area contributed by atoms with Crippen LogP contribution in [0, 0.1) is 5.41 Å². The van der Waals surface area contributed by atoms with E-state index in [4.69, 9.17) is 22.7 Å². The molecule has 0 aliphatic rings. The minimum Gasteiger partial charge on any atom is -0.383 e. The van der Waals surface area contributed by atoms with Crippen molar-refractivity contribution >= 4 is 52.5 Å². The molecule has 2 amide bonds. The second-order valence-corrected chi connectivity index (χ2v) is 8.04. The van der Waals surface area contributed by atoms with Crippen LogP contribution in [-0.4, -0.2) is 33.0 Å². The normalized spacial score (nSPS) is 12.2. The fraction of sp³-hybridized carbons (Fsp3) is 0.158. The van der Waals surface area contributed by atoms with Crippen LogP contribution in [0.5, 0.6) is 0 Å². The number of alkyl halides is 3. The minimum atomic E-state index is -4.67. The summed E-state index contributed by atoms with van der Waals surface area (Å²) in [5.41, 5.74) is 4.45. The van der Waals surface area contributed by atoms with E-state index in [-0.39, 0.29) is 27.6 Å². The Bertz CT molecular complexity index is 1230. The molecule has 0 saturated carbocycles. The molecule has 3 aromatic rings. The highest BCUT2D eigenvalue weighted by Gasteiger charge is 2.33. The maximum absolute atomic E-state index is 13.0. The van der Waals surface area contributed by atoms with Crippen molar-refractivity contribution in [3.05, 3.63) is 62.5 Å². The van der Waals surface area contributed by atoms with Gasteiger partial charge in [-0.15, -0.1) is 11.3 Å². The Kier molecular flexibility index (Phi) is 6.93. The van der Waals surface area contributed by atoms with E-state index < -0.39 is 34.6 Å². The second kappa shape index (κ2) is 9.50. The van der Waals surface area contributed by atoms with Gasteiger partial charge in [0.15, 0.2) is 0 Å². The lowest BCUT2D eigenvalue weighted by Crippen LogP contribution is -2.28. The number of amides is 2. The molecule has 2 heterocycles. The zero-order valence-corrected chi connectivity index (χ0v) is 18.3. The average Bonchev–Trinajstić information content (AvgIpc) is 3.24. The number of carbonyl (C=O) groups excluding carboxylic acids is 2. The SMILES string of the molecule is CC(NC(=O)c1ncnc(N)c1C=N)c1ncc(C(=O)Nc2ccc(Cl)c(C(F)(F)F)c2)s1. The molecular weight excluding hydrogens is 483 g/mol. The van der Waals surface area contributed by atoms with E-state index in [0.717, 1.165) is 36.0 Å². The van der Waals surface area contributed by atoms with E-state index in [0.29, 0.717) is 5.01 Å².